The van der Waals surface area contributed by atoms with E-state index >= 15 is 0 Å². The van der Waals surface area contributed by atoms with E-state index < -0.39 is 0 Å². The molecule has 1 aromatic heterocycles. The molecule has 1 aromatic rings. The lowest BCUT2D eigenvalue weighted by molar-refractivity contribution is -0.0245. The van der Waals surface area contributed by atoms with Crippen molar-refractivity contribution in [2.45, 2.75) is 38.8 Å². The van der Waals surface area contributed by atoms with Gasteiger partial charge in [-0.25, -0.2) is 4.98 Å². The summed E-state index contributed by atoms with van der Waals surface area (Å²) >= 11 is 1.84. The summed E-state index contributed by atoms with van der Waals surface area (Å²) in [5.74, 6) is 0. The van der Waals surface area contributed by atoms with E-state index in [-0.39, 0.29) is 0 Å². The summed E-state index contributed by atoms with van der Waals surface area (Å²) in [4.78, 5) is 8.57. The summed E-state index contributed by atoms with van der Waals surface area (Å²) in [6, 6.07) is 0. The fourth-order valence-electron chi connectivity index (χ4n) is 2.39. The number of thiazole rings is 1. The van der Waals surface area contributed by atoms with Gasteiger partial charge in [0.15, 0.2) is 0 Å². The van der Waals surface area contributed by atoms with Crippen LogP contribution in [0.5, 0.6) is 0 Å². The Morgan fingerprint density at radius 1 is 1.44 bits per heavy atom. The van der Waals surface area contributed by atoms with Crippen LogP contribution in [0.15, 0.2) is 0 Å². The number of ether oxygens (including phenoxy) is 1. The van der Waals surface area contributed by atoms with E-state index in [9.17, 15) is 0 Å². The molecular weight excluding hydrogens is 220 g/mol. The van der Waals surface area contributed by atoms with E-state index in [1.165, 1.54) is 28.4 Å². The molecule has 0 N–H and O–H groups in total. The van der Waals surface area contributed by atoms with Crippen molar-refractivity contribution >= 4 is 11.3 Å². The van der Waals surface area contributed by atoms with Gasteiger partial charge in [0.1, 0.15) is 5.01 Å². The molecule has 3 nitrogen and oxygen atoms in total. The molecule has 2 heterocycles. The van der Waals surface area contributed by atoms with Gasteiger partial charge in [-0.2, -0.15) is 0 Å². The van der Waals surface area contributed by atoms with Crippen LogP contribution < -0.4 is 0 Å². The van der Waals surface area contributed by atoms with E-state index in [1.807, 2.05) is 11.3 Å². The van der Waals surface area contributed by atoms with Gasteiger partial charge in [0.25, 0.3) is 0 Å². The highest BCUT2D eigenvalue weighted by molar-refractivity contribution is 7.11. The highest BCUT2D eigenvalue weighted by Gasteiger charge is 2.49. The average molecular weight is 238 g/mol. The number of aromatic nitrogens is 1. The van der Waals surface area contributed by atoms with E-state index in [4.69, 9.17) is 4.74 Å². The lowest BCUT2D eigenvalue weighted by Gasteiger charge is -2.35. The molecule has 0 bridgehead atoms. The average Bonchev–Trinajstić information content (AvgIpc) is 2.95. The first kappa shape index (κ1) is 10.7. The van der Waals surface area contributed by atoms with Gasteiger partial charge in [0, 0.05) is 17.0 Å². The van der Waals surface area contributed by atoms with Gasteiger partial charge in [0.05, 0.1) is 25.5 Å². The van der Waals surface area contributed by atoms with Gasteiger partial charge in [0.2, 0.25) is 0 Å². The van der Waals surface area contributed by atoms with Crippen LogP contribution in [0.2, 0.25) is 0 Å². The van der Waals surface area contributed by atoms with Crippen molar-refractivity contribution in [1.82, 2.24) is 9.88 Å². The minimum atomic E-state index is 0.381. The Hall–Kier alpha value is -0.450. The van der Waals surface area contributed by atoms with Crippen molar-refractivity contribution in [2.75, 3.05) is 19.8 Å². The van der Waals surface area contributed by atoms with Crippen LogP contribution in [0.1, 0.15) is 28.4 Å². The van der Waals surface area contributed by atoms with Gasteiger partial charge < -0.3 is 4.74 Å². The van der Waals surface area contributed by atoms with E-state index in [2.05, 4.69) is 23.7 Å². The number of aryl methyl sites for hydroxylation is 2. The third kappa shape index (κ3) is 1.79. The van der Waals surface area contributed by atoms with Crippen LogP contribution in [0.25, 0.3) is 0 Å². The lowest BCUT2D eigenvalue weighted by Crippen LogP contribution is -2.46. The van der Waals surface area contributed by atoms with Crippen molar-refractivity contribution in [3.05, 3.63) is 15.6 Å². The maximum Gasteiger partial charge on any atom is 0.107 e. The first-order chi connectivity index (χ1) is 7.70. The Morgan fingerprint density at radius 3 is 2.88 bits per heavy atom. The quantitative estimate of drug-likeness (QED) is 0.789. The molecule has 0 amide bonds. The maximum absolute atomic E-state index is 5.59. The van der Waals surface area contributed by atoms with E-state index in [1.54, 1.807) is 0 Å². The van der Waals surface area contributed by atoms with Gasteiger partial charge in [-0.15, -0.1) is 11.3 Å². The highest BCUT2D eigenvalue weighted by Crippen LogP contribution is 2.44. The number of rotatable bonds is 2. The summed E-state index contributed by atoms with van der Waals surface area (Å²) in [5, 5.41) is 1.27. The zero-order valence-electron chi connectivity index (χ0n) is 9.95. The van der Waals surface area contributed by atoms with Crippen LogP contribution >= 0.6 is 11.3 Å². The summed E-state index contributed by atoms with van der Waals surface area (Å²) in [6.45, 7) is 8.14. The molecular formula is C12H18N2OS. The Kier molecular flexibility index (Phi) is 2.53. The molecule has 88 valence electrons. The second kappa shape index (κ2) is 3.79. The molecule has 16 heavy (non-hydrogen) atoms. The Labute approximate surface area is 100 Å². The second-order valence-corrected chi connectivity index (χ2v) is 6.24. The van der Waals surface area contributed by atoms with Gasteiger partial charge in [-0.1, -0.05) is 0 Å². The van der Waals surface area contributed by atoms with Crippen molar-refractivity contribution in [1.29, 1.82) is 0 Å². The summed E-state index contributed by atoms with van der Waals surface area (Å²) in [6.07, 6.45) is 2.60. The molecule has 2 aliphatic rings. The van der Waals surface area contributed by atoms with Crippen LogP contribution in [0.3, 0.4) is 0 Å². The fourth-order valence-corrected chi connectivity index (χ4v) is 3.34. The zero-order valence-corrected chi connectivity index (χ0v) is 10.8. The standard InChI is InChI=1S/C12H18N2OS/c1-9-10(2)16-11(13-9)7-14-5-6-15-8-12(14)3-4-12/h3-8H2,1-2H3. The monoisotopic (exact) mass is 238 g/mol. The van der Waals surface area contributed by atoms with Gasteiger partial charge >= 0.3 is 0 Å². The molecule has 1 aliphatic heterocycles. The largest absolute Gasteiger partial charge is 0.378 e. The third-order valence-corrected chi connectivity index (χ3v) is 4.83. The predicted molar refractivity (Wildman–Crippen MR) is 64.8 cm³/mol. The first-order valence-corrected chi connectivity index (χ1v) is 6.77. The van der Waals surface area contributed by atoms with Gasteiger partial charge in [-0.05, 0) is 26.7 Å². The van der Waals surface area contributed by atoms with E-state index in [0.29, 0.717) is 5.54 Å². The molecule has 0 aromatic carbocycles. The molecule has 0 radical (unpaired) electrons. The van der Waals surface area contributed by atoms with Crippen molar-refractivity contribution < 1.29 is 4.74 Å². The van der Waals surface area contributed by atoms with Crippen LogP contribution in [-0.4, -0.2) is 35.2 Å². The molecule has 3 rings (SSSR count). The van der Waals surface area contributed by atoms with Gasteiger partial charge in [-0.3, -0.25) is 4.90 Å². The van der Waals surface area contributed by atoms with Crippen LogP contribution in [0.4, 0.5) is 0 Å². The zero-order chi connectivity index (χ0) is 11.2. The topological polar surface area (TPSA) is 25.4 Å². The number of morpholine rings is 1. The number of nitrogens with zero attached hydrogens (tertiary/aromatic N) is 2. The minimum Gasteiger partial charge on any atom is -0.378 e. The minimum absolute atomic E-state index is 0.381. The summed E-state index contributed by atoms with van der Waals surface area (Å²) < 4.78 is 5.59. The molecule has 4 heteroatoms. The summed E-state index contributed by atoms with van der Waals surface area (Å²) in [5.41, 5.74) is 1.57. The van der Waals surface area contributed by atoms with E-state index in [0.717, 1.165) is 26.3 Å². The molecule has 2 fully saturated rings. The molecule has 1 spiro atoms. The molecule has 1 saturated heterocycles. The lowest BCUT2D eigenvalue weighted by atomic mass is 10.2. The van der Waals surface area contributed by atoms with Crippen molar-refractivity contribution in [2.24, 2.45) is 0 Å². The number of hydrogen-bond donors (Lipinski definition) is 0. The second-order valence-electron chi connectivity index (χ2n) is 4.95. The molecule has 1 saturated carbocycles. The molecule has 0 unspecified atom stereocenters. The van der Waals surface area contributed by atoms with Crippen LogP contribution in [0, 0.1) is 13.8 Å². The summed E-state index contributed by atoms with van der Waals surface area (Å²) in [7, 11) is 0. The molecule has 1 aliphatic carbocycles. The maximum atomic E-state index is 5.59. The van der Waals surface area contributed by atoms with Crippen LogP contribution in [-0.2, 0) is 11.3 Å². The normalized spacial score (nSPS) is 23.9. The highest BCUT2D eigenvalue weighted by atomic mass is 32.1. The Morgan fingerprint density at radius 2 is 2.25 bits per heavy atom. The first-order valence-electron chi connectivity index (χ1n) is 5.95. The third-order valence-electron chi connectivity index (χ3n) is 3.77. The van der Waals surface area contributed by atoms with Crippen molar-refractivity contribution in [3.63, 3.8) is 0 Å². The number of hydrogen-bond acceptors (Lipinski definition) is 4. The smallest absolute Gasteiger partial charge is 0.107 e. The Balaban J connectivity index is 1.73. The van der Waals surface area contributed by atoms with Crippen molar-refractivity contribution in [3.8, 4) is 0 Å². The predicted octanol–water partition coefficient (Wildman–Crippen LogP) is 2.12. The molecule has 0 atom stereocenters. The fraction of sp³-hybridized carbons (Fsp3) is 0.750. The SMILES string of the molecule is Cc1nc(CN2CCOCC23CC3)sc1C. The Bertz CT molecular complexity index is 378.